The lowest BCUT2D eigenvalue weighted by Crippen LogP contribution is -2.39. The van der Waals surface area contributed by atoms with Crippen molar-refractivity contribution in [1.82, 2.24) is 14.5 Å². The molecule has 102 valence electrons. The first-order chi connectivity index (χ1) is 9.07. The molecule has 0 unspecified atom stereocenters. The fourth-order valence-corrected chi connectivity index (χ4v) is 2.33. The van der Waals surface area contributed by atoms with Crippen LogP contribution in [0.2, 0.25) is 0 Å². The number of fused-ring (bicyclic) bond motifs is 1. The lowest BCUT2D eigenvalue weighted by Gasteiger charge is -2.11. The van der Waals surface area contributed by atoms with E-state index in [1.807, 2.05) is 32.2 Å². The minimum Gasteiger partial charge on any atom is -0.320 e. The molecule has 2 rings (SSSR count). The summed E-state index contributed by atoms with van der Waals surface area (Å²) < 4.78 is 2.87. The van der Waals surface area contributed by atoms with Gasteiger partial charge >= 0.3 is 5.69 Å². The van der Waals surface area contributed by atoms with Crippen LogP contribution in [0.1, 0.15) is 12.0 Å². The summed E-state index contributed by atoms with van der Waals surface area (Å²) in [7, 11) is 3.56. The van der Waals surface area contributed by atoms with Gasteiger partial charge in [-0.05, 0) is 38.6 Å². The first-order valence-electron chi connectivity index (χ1n) is 6.41. The van der Waals surface area contributed by atoms with Crippen molar-refractivity contribution in [3.05, 3.63) is 44.6 Å². The highest BCUT2D eigenvalue weighted by Crippen LogP contribution is 2.11. The average Bonchev–Trinajstić information content (AvgIpc) is 2.40. The SMILES string of the molecule is CNCCCn1c(=O)c2c(C)cccc2n(C)c1=O. The summed E-state index contributed by atoms with van der Waals surface area (Å²) in [5, 5.41) is 3.65. The zero-order chi connectivity index (χ0) is 14.0. The molecule has 5 heteroatoms. The Morgan fingerprint density at radius 2 is 2.00 bits per heavy atom. The van der Waals surface area contributed by atoms with E-state index in [1.54, 1.807) is 11.6 Å². The largest absolute Gasteiger partial charge is 0.331 e. The van der Waals surface area contributed by atoms with Crippen LogP contribution in [0, 0.1) is 6.92 Å². The molecule has 0 aliphatic rings. The summed E-state index contributed by atoms with van der Waals surface area (Å²) in [4.78, 5) is 24.7. The molecule has 19 heavy (non-hydrogen) atoms. The molecule has 0 radical (unpaired) electrons. The van der Waals surface area contributed by atoms with E-state index < -0.39 is 0 Å². The van der Waals surface area contributed by atoms with Gasteiger partial charge in [-0.3, -0.25) is 13.9 Å². The van der Waals surface area contributed by atoms with Crippen molar-refractivity contribution in [2.24, 2.45) is 7.05 Å². The number of nitrogens with one attached hydrogen (secondary N) is 1. The molecule has 0 saturated heterocycles. The van der Waals surface area contributed by atoms with Crippen LogP contribution < -0.4 is 16.6 Å². The summed E-state index contributed by atoms with van der Waals surface area (Å²) in [5.74, 6) is 0. The molecule has 1 aromatic carbocycles. The Labute approximate surface area is 111 Å². The molecule has 0 bridgehead atoms. The highest BCUT2D eigenvalue weighted by Gasteiger charge is 2.11. The van der Waals surface area contributed by atoms with Crippen LogP contribution >= 0.6 is 0 Å². The number of aryl methyl sites for hydroxylation is 2. The lowest BCUT2D eigenvalue weighted by atomic mass is 10.1. The molecule has 0 aliphatic carbocycles. The zero-order valence-electron chi connectivity index (χ0n) is 11.6. The first-order valence-corrected chi connectivity index (χ1v) is 6.41. The van der Waals surface area contributed by atoms with Gasteiger partial charge in [-0.1, -0.05) is 12.1 Å². The third-order valence-corrected chi connectivity index (χ3v) is 3.40. The molecule has 0 aliphatic heterocycles. The minimum absolute atomic E-state index is 0.188. The fourth-order valence-electron chi connectivity index (χ4n) is 2.33. The second-order valence-electron chi connectivity index (χ2n) is 4.72. The van der Waals surface area contributed by atoms with Gasteiger partial charge in [-0.2, -0.15) is 0 Å². The number of nitrogens with zero attached hydrogens (tertiary/aromatic N) is 2. The number of aromatic nitrogens is 2. The van der Waals surface area contributed by atoms with Crippen molar-refractivity contribution in [3.63, 3.8) is 0 Å². The second-order valence-corrected chi connectivity index (χ2v) is 4.72. The van der Waals surface area contributed by atoms with Crippen molar-refractivity contribution >= 4 is 10.9 Å². The van der Waals surface area contributed by atoms with Crippen molar-refractivity contribution < 1.29 is 0 Å². The van der Waals surface area contributed by atoms with Gasteiger partial charge in [0.2, 0.25) is 0 Å². The monoisotopic (exact) mass is 261 g/mol. The molecule has 0 atom stereocenters. The standard InChI is InChI=1S/C14H19N3O2/c1-10-6-4-7-11-12(10)13(18)17(9-5-8-15-2)14(19)16(11)3/h4,6-7,15H,5,8-9H2,1-3H3. The van der Waals surface area contributed by atoms with Crippen LogP contribution in [0.15, 0.2) is 27.8 Å². The molecule has 1 heterocycles. The summed E-state index contributed by atoms with van der Waals surface area (Å²) in [6.07, 6.45) is 0.753. The maximum Gasteiger partial charge on any atom is 0.331 e. The van der Waals surface area contributed by atoms with Gasteiger partial charge in [0, 0.05) is 13.6 Å². The molecular weight excluding hydrogens is 242 g/mol. The highest BCUT2D eigenvalue weighted by molar-refractivity contribution is 5.81. The first kappa shape index (κ1) is 13.5. The predicted octanol–water partition coefficient (Wildman–Crippen LogP) is 0.618. The topological polar surface area (TPSA) is 56.0 Å². The van der Waals surface area contributed by atoms with E-state index in [1.165, 1.54) is 4.57 Å². The third-order valence-electron chi connectivity index (χ3n) is 3.40. The molecule has 5 nitrogen and oxygen atoms in total. The van der Waals surface area contributed by atoms with Crippen molar-refractivity contribution in [2.75, 3.05) is 13.6 Å². The second kappa shape index (κ2) is 5.40. The van der Waals surface area contributed by atoms with Gasteiger partial charge in [-0.15, -0.1) is 0 Å². The highest BCUT2D eigenvalue weighted by atomic mass is 16.2. The van der Waals surface area contributed by atoms with Gasteiger partial charge < -0.3 is 5.32 Å². The number of hydrogen-bond acceptors (Lipinski definition) is 3. The minimum atomic E-state index is -0.251. The third kappa shape index (κ3) is 2.33. The van der Waals surface area contributed by atoms with E-state index in [0.717, 1.165) is 18.5 Å². The van der Waals surface area contributed by atoms with E-state index in [0.29, 0.717) is 17.4 Å². The Bertz CT molecular complexity index is 713. The molecular formula is C14H19N3O2. The smallest absolute Gasteiger partial charge is 0.320 e. The number of benzene rings is 1. The van der Waals surface area contributed by atoms with Crippen LogP contribution in [-0.4, -0.2) is 22.7 Å². The Hall–Kier alpha value is -1.88. The Morgan fingerprint density at radius 1 is 1.26 bits per heavy atom. The molecule has 0 amide bonds. The van der Waals surface area contributed by atoms with Gasteiger partial charge in [-0.25, -0.2) is 4.79 Å². The van der Waals surface area contributed by atoms with Gasteiger partial charge in [0.1, 0.15) is 0 Å². The van der Waals surface area contributed by atoms with Gasteiger partial charge in [0.15, 0.2) is 0 Å². The molecule has 1 aromatic heterocycles. The van der Waals surface area contributed by atoms with E-state index in [4.69, 9.17) is 0 Å². The summed E-state index contributed by atoms with van der Waals surface area (Å²) in [6, 6.07) is 5.57. The fraction of sp³-hybridized carbons (Fsp3) is 0.429. The summed E-state index contributed by atoms with van der Waals surface area (Å²) >= 11 is 0. The lowest BCUT2D eigenvalue weighted by molar-refractivity contribution is 0.559. The Kier molecular flexibility index (Phi) is 3.85. The Morgan fingerprint density at radius 3 is 2.68 bits per heavy atom. The number of rotatable bonds is 4. The van der Waals surface area contributed by atoms with E-state index in [9.17, 15) is 9.59 Å². The molecule has 0 saturated carbocycles. The molecule has 1 N–H and O–H groups in total. The van der Waals surface area contributed by atoms with Crippen LogP contribution in [0.3, 0.4) is 0 Å². The molecule has 0 fully saturated rings. The van der Waals surface area contributed by atoms with Crippen LogP contribution in [0.4, 0.5) is 0 Å². The normalized spacial score (nSPS) is 11.1. The maximum atomic E-state index is 12.4. The van der Waals surface area contributed by atoms with E-state index in [-0.39, 0.29) is 11.2 Å². The number of hydrogen-bond donors (Lipinski definition) is 1. The quantitative estimate of drug-likeness (QED) is 0.821. The Balaban J connectivity index is 2.69. The van der Waals surface area contributed by atoms with Gasteiger partial charge in [0.05, 0.1) is 10.9 Å². The molecule has 0 spiro atoms. The van der Waals surface area contributed by atoms with Crippen LogP contribution in [-0.2, 0) is 13.6 Å². The van der Waals surface area contributed by atoms with Crippen LogP contribution in [0.5, 0.6) is 0 Å². The zero-order valence-corrected chi connectivity index (χ0v) is 11.6. The van der Waals surface area contributed by atoms with Crippen LogP contribution in [0.25, 0.3) is 10.9 Å². The van der Waals surface area contributed by atoms with E-state index >= 15 is 0 Å². The van der Waals surface area contributed by atoms with E-state index in [2.05, 4.69) is 5.32 Å². The maximum absolute atomic E-state index is 12.4. The van der Waals surface area contributed by atoms with Gasteiger partial charge in [0.25, 0.3) is 5.56 Å². The van der Waals surface area contributed by atoms with Crippen molar-refractivity contribution in [1.29, 1.82) is 0 Å². The van der Waals surface area contributed by atoms with Crippen molar-refractivity contribution in [2.45, 2.75) is 19.9 Å². The summed E-state index contributed by atoms with van der Waals surface area (Å²) in [6.45, 7) is 3.12. The van der Waals surface area contributed by atoms with Crippen molar-refractivity contribution in [3.8, 4) is 0 Å². The summed E-state index contributed by atoms with van der Waals surface area (Å²) in [5.41, 5.74) is 1.16. The predicted molar refractivity (Wildman–Crippen MR) is 76.7 cm³/mol. The molecule has 2 aromatic rings. The average molecular weight is 261 g/mol.